The molecule has 60 valence electrons. The Labute approximate surface area is 75.6 Å². The van der Waals surface area contributed by atoms with Gasteiger partial charge in [-0.2, -0.15) is 0 Å². The Balaban J connectivity index is 0.000000461. The van der Waals surface area contributed by atoms with E-state index in [9.17, 15) is 0 Å². The van der Waals surface area contributed by atoms with Crippen molar-refractivity contribution in [1.82, 2.24) is 0 Å². The van der Waals surface area contributed by atoms with Gasteiger partial charge in [0.1, 0.15) is 6.79 Å². The molecule has 0 amide bonds. The Kier molecular flexibility index (Phi) is 5.75. The number of carbonyl (C=O) groups is 1. The van der Waals surface area contributed by atoms with Crippen LogP contribution < -0.4 is 0 Å². The molecule has 0 aliphatic rings. The predicted molar refractivity (Wildman–Crippen MR) is 50.6 cm³/mol. The Bertz CT molecular complexity index is 210. The number of aryl methyl sites for hydroxylation is 1. The van der Waals surface area contributed by atoms with Crippen molar-refractivity contribution in [2.24, 2.45) is 0 Å². The summed E-state index contributed by atoms with van der Waals surface area (Å²) in [6.45, 7) is 4.15. The number of benzene rings is 1. The third-order valence-corrected chi connectivity index (χ3v) is 2.11. The molecule has 0 unspecified atom stereocenters. The van der Waals surface area contributed by atoms with Gasteiger partial charge in [-0.3, -0.25) is 0 Å². The first-order valence-electron chi connectivity index (χ1n) is 3.37. The molecule has 1 rings (SSSR count). The largest absolute Gasteiger partial charge is 0.307 e. The molecule has 0 bridgehead atoms. The van der Waals surface area contributed by atoms with Crippen LogP contribution >= 0.6 is 15.9 Å². The van der Waals surface area contributed by atoms with Crippen molar-refractivity contribution in [3.63, 3.8) is 0 Å². The van der Waals surface area contributed by atoms with Gasteiger partial charge in [0.2, 0.25) is 0 Å². The molecule has 0 fully saturated rings. The summed E-state index contributed by atoms with van der Waals surface area (Å²) >= 11 is 3.46. The van der Waals surface area contributed by atoms with E-state index in [4.69, 9.17) is 4.79 Å². The van der Waals surface area contributed by atoms with Crippen molar-refractivity contribution >= 4 is 22.7 Å². The molecule has 2 heteroatoms. The van der Waals surface area contributed by atoms with Gasteiger partial charge in [0.05, 0.1) is 0 Å². The summed E-state index contributed by atoms with van der Waals surface area (Å²) in [6, 6.07) is 8.29. The number of rotatable bonds is 1. The summed E-state index contributed by atoms with van der Waals surface area (Å²) in [5, 5.41) is 0. The minimum Gasteiger partial charge on any atom is -0.307 e. The van der Waals surface area contributed by atoms with Crippen LogP contribution in [0, 0.1) is 0 Å². The van der Waals surface area contributed by atoms with Crippen LogP contribution in [-0.4, -0.2) is 6.79 Å². The molecular formula is C9H11BrO. The lowest BCUT2D eigenvalue weighted by Crippen LogP contribution is -1.78. The van der Waals surface area contributed by atoms with Crippen LogP contribution in [-0.2, 0) is 11.2 Å². The monoisotopic (exact) mass is 214 g/mol. The zero-order chi connectivity index (χ0) is 8.69. The van der Waals surface area contributed by atoms with Crippen LogP contribution in [0.5, 0.6) is 0 Å². The molecule has 1 aromatic carbocycles. The maximum absolute atomic E-state index is 8.00. The lowest BCUT2D eigenvalue weighted by molar-refractivity contribution is -0.0979. The second-order valence-electron chi connectivity index (χ2n) is 1.94. The van der Waals surface area contributed by atoms with Crippen LogP contribution in [0.2, 0.25) is 0 Å². The molecule has 0 atom stereocenters. The van der Waals surface area contributed by atoms with Crippen molar-refractivity contribution < 1.29 is 4.79 Å². The molecule has 0 heterocycles. The summed E-state index contributed by atoms with van der Waals surface area (Å²) in [4.78, 5) is 8.00. The van der Waals surface area contributed by atoms with E-state index in [1.807, 2.05) is 12.9 Å². The maximum atomic E-state index is 8.00. The molecular weight excluding hydrogens is 204 g/mol. The average Bonchev–Trinajstić information content (AvgIpc) is 2.09. The summed E-state index contributed by atoms with van der Waals surface area (Å²) in [5.74, 6) is 0. The maximum Gasteiger partial charge on any atom is 0.106 e. The van der Waals surface area contributed by atoms with Crippen molar-refractivity contribution in [2.45, 2.75) is 13.3 Å². The zero-order valence-electron chi connectivity index (χ0n) is 6.51. The van der Waals surface area contributed by atoms with Gasteiger partial charge in [-0.25, -0.2) is 0 Å². The number of hydrogen-bond donors (Lipinski definition) is 0. The fourth-order valence-electron chi connectivity index (χ4n) is 0.785. The number of carbonyl (C=O) groups excluding carboxylic acids is 1. The molecule has 0 aromatic heterocycles. The van der Waals surface area contributed by atoms with Gasteiger partial charge >= 0.3 is 0 Å². The molecule has 0 saturated carbocycles. The minimum absolute atomic E-state index is 1.10. The standard InChI is InChI=1S/C8H9Br.CH2O/c1-2-7-5-3-4-6-8(7)9;1-2/h3-6H,2H2,1H3;1H2. The SMILES string of the molecule is C=O.CCc1ccccc1Br. The first-order chi connectivity index (χ1) is 5.34. The highest BCUT2D eigenvalue weighted by molar-refractivity contribution is 9.10. The fraction of sp³-hybridized carbons (Fsp3) is 0.222. The lowest BCUT2D eigenvalue weighted by atomic mass is 10.2. The lowest BCUT2D eigenvalue weighted by Gasteiger charge is -1.96. The van der Waals surface area contributed by atoms with E-state index in [2.05, 4.69) is 41.1 Å². The third kappa shape index (κ3) is 3.33. The minimum atomic E-state index is 1.10. The molecule has 0 saturated heterocycles. The first-order valence-corrected chi connectivity index (χ1v) is 4.16. The van der Waals surface area contributed by atoms with E-state index in [-0.39, 0.29) is 0 Å². The van der Waals surface area contributed by atoms with Crippen LogP contribution in [0.4, 0.5) is 0 Å². The van der Waals surface area contributed by atoms with Crippen LogP contribution in [0.25, 0.3) is 0 Å². The predicted octanol–water partition coefficient (Wildman–Crippen LogP) is 2.83. The first kappa shape index (κ1) is 10.4. The van der Waals surface area contributed by atoms with E-state index in [0.717, 1.165) is 6.42 Å². The fourth-order valence-corrected chi connectivity index (χ4v) is 1.35. The second-order valence-corrected chi connectivity index (χ2v) is 2.80. The quantitative estimate of drug-likeness (QED) is 0.703. The highest BCUT2D eigenvalue weighted by Gasteiger charge is 1.91. The van der Waals surface area contributed by atoms with E-state index >= 15 is 0 Å². The highest BCUT2D eigenvalue weighted by atomic mass is 79.9. The molecule has 0 N–H and O–H groups in total. The number of hydrogen-bond acceptors (Lipinski definition) is 1. The van der Waals surface area contributed by atoms with Gasteiger partial charge in [-0.05, 0) is 18.1 Å². The van der Waals surface area contributed by atoms with Crippen LogP contribution in [0.15, 0.2) is 28.7 Å². The van der Waals surface area contributed by atoms with Crippen molar-refractivity contribution in [1.29, 1.82) is 0 Å². The van der Waals surface area contributed by atoms with Gasteiger partial charge in [0.15, 0.2) is 0 Å². The van der Waals surface area contributed by atoms with Crippen molar-refractivity contribution in [2.75, 3.05) is 0 Å². The van der Waals surface area contributed by atoms with Gasteiger partial charge < -0.3 is 4.79 Å². The second kappa shape index (κ2) is 6.10. The third-order valence-electron chi connectivity index (χ3n) is 1.34. The Morgan fingerprint density at radius 3 is 2.27 bits per heavy atom. The van der Waals surface area contributed by atoms with Crippen molar-refractivity contribution in [3.05, 3.63) is 34.3 Å². The molecule has 0 spiro atoms. The summed E-state index contributed by atoms with van der Waals surface area (Å²) in [6.07, 6.45) is 1.10. The van der Waals surface area contributed by atoms with E-state index < -0.39 is 0 Å². The van der Waals surface area contributed by atoms with E-state index in [0.29, 0.717) is 0 Å². The topological polar surface area (TPSA) is 17.1 Å². The Morgan fingerprint density at radius 1 is 1.36 bits per heavy atom. The van der Waals surface area contributed by atoms with Crippen LogP contribution in [0.1, 0.15) is 12.5 Å². The summed E-state index contributed by atoms with van der Waals surface area (Å²) in [7, 11) is 0. The van der Waals surface area contributed by atoms with Crippen molar-refractivity contribution in [3.8, 4) is 0 Å². The zero-order valence-corrected chi connectivity index (χ0v) is 8.10. The molecule has 0 aliphatic heterocycles. The van der Waals surface area contributed by atoms with Gasteiger partial charge in [-0.1, -0.05) is 41.1 Å². The Hall–Kier alpha value is -0.630. The summed E-state index contributed by atoms with van der Waals surface area (Å²) < 4.78 is 1.22. The Morgan fingerprint density at radius 2 is 1.91 bits per heavy atom. The molecule has 1 nitrogen and oxygen atoms in total. The molecule has 0 radical (unpaired) electrons. The van der Waals surface area contributed by atoms with E-state index in [1.165, 1.54) is 10.0 Å². The molecule has 11 heavy (non-hydrogen) atoms. The highest BCUT2D eigenvalue weighted by Crippen LogP contribution is 2.15. The van der Waals surface area contributed by atoms with Gasteiger partial charge in [-0.15, -0.1) is 0 Å². The smallest absolute Gasteiger partial charge is 0.106 e. The van der Waals surface area contributed by atoms with Crippen LogP contribution in [0.3, 0.4) is 0 Å². The molecule has 0 aliphatic carbocycles. The van der Waals surface area contributed by atoms with Gasteiger partial charge in [0, 0.05) is 4.47 Å². The normalized spacial score (nSPS) is 8.18. The summed E-state index contributed by atoms with van der Waals surface area (Å²) in [5.41, 5.74) is 1.37. The van der Waals surface area contributed by atoms with E-state index in [1.54, 1.807) is 0 Å². The van der Waals surface area contributed by atoms with Gasteiger partial charge in [0.25, 0.3) is 0 Å². The average molecular weight is 215 g/mol. The number of halogens is 1. The molecule has 1 aromatic rings.